The average Bonchev–Trinajstić information content (AvgIpc) is 2.64. The maximum Gasteiger partial charge on any atom is 0.0790 e. The van der Waals surface area contributed by atoms with Crippen molar-refractivity contribution in [1.29, 1.82) is 0 Å². The number of hydroxylamine groups is 1. The molecular weight excluding hydrogens is 162 g/mol. The lowest BCUT2D eigenvalue weighted by Crippen LogP contribution is -2.30. The standard InChI is InChI=1S/C11H23NO/c1-3-4-7-10(2)12-13-11-8-5-6-9-11/h10-12H,3-9H2,1-2H3. The zero-order valence-corrected chi connectivity index (χ0v) is 9.01. The topological polar surface area (TPSA) is 21.3 Å². The molecular formula is C11H23NO. The van der Waals surface area contributed by atoms with Gasteiger partial charge in [-0.05, 0) is 26.2 Å². The quantitative estimate of drug-likeness (QED) is 0.642. The molecule has 0 aromatic carbocycles. The first-order valence-electron chi connectivity index (χ1n) is 5.74. The predicted molar refractivity (Wildman–Crippen MR) is 55.5 cm³/mol. The zero-order valence-electron chi connectivity index (χ0n) is 9.01. The van der Waals surface area contributed by atoms with E-state index in [9.17, 15) is 0 Å². The van der Waals surface area contributed by atoms with Crippen LogP contribution in [0.2, 0.25) is 0 Å². The molecule has 78 valence electrons. The second-order valence-corrected chi connectivity index (χ2v) is 4.19. The van der Waals surface area contributed by atoms with E-state index < -0.39 is 0 Å². The first-order chi connectivity index (χ1) is 6.33. The molecule has 0 spiro atoms. The summed E-state index contributed by atoms with van der Waals surface area (Å²) in [5.74, 6) is 0. The Labute approximate surface area is 82.0 Å². The highest BCUT2D eigenvalue weighted by Crippen LogP contribution is 2.20. The van der Waals surface area contributed by atoms with Crippen molar-refractivity contribution in [3.05, 3.63) is 0 Å². The van der Waals surface area contributed by atoms with E-state index in [0.717, 1.165) is 0 Å². The average molecular weight is 185 g/mol. The summed E-state index contributed by atoms with van der Waals surface area (Å²) in [4.78, 5) is 5.61. The van der Waals surface area contributed by atoms with E-state index in [4.69, 9.17) is 4.84 Å². The molecule has 0 saturated heterocycles. The summed E-state index contributed by atoms with van der Waals surface area (Å²) in [7, 11) is 0. The van der Waals surface area contributed by atoms with Crippen molar-refractivity contribution in [2.75, 3.05) is 0 Å². The van der Waals surface area contributed by atoms with Gasteiger partial charge in [0, 0.05) is 6.04 Å². The summed E-state index contributed by atoms with van der Waals surface area (Å²) in [6.07, 6.45) is 9.46. The van der Waals surface area contributed by atoms with Crippen LogP contribution in [-0.2, 0) is 4.84 Å². The number of unbranched alkanes of at least 4 members (excludes halogenated alkanes) is 1. The summed E-state index contributed by atoms with van der Waals surface area (Å²) in [5, 5.41) is 0. The first-order valence-corrected chi connectivity index (χ1v) is 5.74. The van der Waals surface area contributed by atoms with Gasteiger partial charge in [0.05, 0.1) is 6.10 Å². The van der Waals surface area contributed by atoms with Crippen LogP contribution in [0.3, 0.4) is 0 Å². The Hall–Kier alpha value is -0.0800. The summed E-state index contributed by atoms with van der Waals surface area (Å²) in [6, 6.07) is 0.514. The van der Waals surface area contributed by atoms with E-state index in [1.165, 1.54) is 44.9 Å². The van der Waals surface area contributed by atoms with Crippen molar-refractivity contribution in [3.8, 4) is 0 Å². The van der Waals surface area contributed by atoms with Crippen LogP contribution in [0.5, 0.6) is 0 Å². The van der Waals surface area contributed by atoms with E-state index in [-0.39, 0.29) is 0 Å². The van der Waals surface area contributed by atoms with E-state index >= 15 is 0 Å². The lowest BCUT2D eigenvalue weighted by Gasteiger charge is -2.16. The van der Waals surface area contributed by atoms with Crippen molar-refractivity contribution >= 4 is 0 Å². The highest BCUT2D eigenvalue weighted by Gasteiger charge is 2.16. The molecule has 0 bridgehead atoms. The molecule has 1 N–H and O–H groups in total. The molecule has 0 amide bonds. The summed E-state index contributed by atoms with van der Waals surface area (Å²) >= 11 is 0. The second-order valence-electron chi connectivity index (χ2n) is 4.19. The molecule has 0 heterocycles. The molecule has 0 radical (unpaired) electrons. The first kappa shape index (κ1) is 11.0. The van der Waals surface area contributed by atoms with Gasteiger partial charge in [-0.1, -0.05) is 32.6 Å². The molecule has 1 saturated carbocycles. The predicted octanol–water partition coefficient (Wildman–Crippen LogP) is 3.03. The maximum atomic E-state index is 5.61. The third-order valence-electron chi connectivity index (χ3n) is 2.73. The second kappa shape index (κ2) is 6.39. The van der Waals surface area contributed by atoms with Gasteiger partial charge in [-0.2, -0.15) is 5.48 Å². The van der Waals surface area contributed by atoms with Crippen molar-refractivity contribution in [2.45, 2.75) is 70.9 Å². The molecule has 0 aliphatic heterocycles. The molecule has 0 aromatic rings. The van der Waals surface area contributed by atoms with Gasteiger partial charge in [-0.3, -0.25) is 4.84 Å². The fraction of sp³-hybridized carbons (Fsp3) is 1.00. The molecule has 2 heteroatoms. The van der Waals surface area contributed by atoms with Crippen LogP contribution >= 0.6 is 0 Å². The SMILES string of the molecule is CCCCC(C)NOC1CCCC1. The molecule has 1 rings (SSSR count). The smallest absolute Gasteiger partial charge is 0.0790 e. The largest absolute Gasteiger partial charge is 0.298 e. The van der Waals surface area contributed by atoms with Crippen LogP contribution < -0.4 is 5.48 Å². The van der Waals surface area contributed by atoms with Gasteiger partial charge in [0.15, 0.2) is 0 Å². The van der Waals surface area contributed by atoms with Gasteiger partial charge in [-0.15, -0.1) is 0 Å². The monoisotopic (exact) mass is 185 g/mol. The molecule has 13 heavy (non-hydrogen) atoms. The lowest BCUT2D eigenvalue weighted by atomic mass is 10.2. The van der Waals surface area contributed by atoms with Gasteiger partial charge in [-0.25, -0.2) is 0 Å². The minimum absolute atomic E-state index is 0.490. The lowest BCUT2D eigenvalue weighted by molar-refractivity contribution is -0.0385. The third-order valence-corrected chi connectivity index (χ3v) is 2.73. The van der Waals surface area contributed by atoms with Gasteiger partial charge in [0.1, 0.15) is 0 Å². The molecule has 0 aromatic heterocycles. The Bertz CT molecular complexity index is 121. The van der Waals surface area contributed by atoms with Gasteiger partial charge < -0.3 is 0 Å². The number of hydrogen-bond donors (Lipinski definition) is 1. The van der Waals surface area contributed by atoms with Gasteiger partial charge >= 0.3 is 0 Å². The highest BCUT2D eigenvalue weighted by molar-refractivity contribution is 4.66. The molecule has 1 atom stereocenters. The number of hydrogen-bond acceptors (Lipinski definition) is 2. The summed E-state index contributed by atoms with van der Waals surface area (Å²) in [6.45, 7) is 4.43. The summed E-state index contributed by atoms with van der Waals surface area (Å²) < 4.78 is 0. The Morgan fingerprint density at radius 1 is 1.38 bits per heavy atom. The van der Waals surface area contributed by atoms with Gasteiger partial charge in [0.25, 0.3) is 0 Å². The van der Waals surface area contributed by atoms with Crippen LogP contribution in [0, 0.1) is 0 Å². The normalized spacial score (nSPS) is 20.8. The molecule has 2 nitrogen and oxygen atoms in total. The minimum atomic E-state index is 0.490. The van der Waals surface area contributed by atoms with Crippen LogP contribution in [0.25, 0.3) is 0 Å². The van der Waals surface area contributed by atoms with Crippen molar-refractivity contribution in [1.82, 2.24) is 5.48 Å². The van der Waals surface area contributed by atoms with Crippen molar-refractivity contribution in [3.63, 3.8) is 0 Å². The number of rotatable bonds is 6. The van der Waals surface area contributed by atoms with Crippen molar-refractivity contribution < 1.29 is 4.84 Å². The summed E-state index contributed by atoms with van der Waals surface area (Å²) in [5.41, 5.74) is 3.16. The molecule has 1 aliphatic carbocycles. The minimum Gasteiger partial charge on any atom is -0.298 e. The van der Waals surface area contributed by atoms with Crippen LogP contribution in [0.4, 0.5) is 0 Å². The molecule has 1 fully saturated rings. The Morgan fingerprint density at radius 3 is 2.69 bits per heavy atom. The van der Waals surface area contributed by atoms with E-state index in [1.807, 2.05) is 0 Å². The van der Waals surface area contributed by atoms with E-state index in [1.54, 1.807) is 0 Å². The van der Waals surface area contributed by atoms with Gasteiger partial charge in [0.2, 0.25) is 0 Å². The Kier molecular flexibility index (Phi) is 5.40. The van der Waals surface area contributed by atoms with Crippen LogP contribution in [0.1, 0.15) is 58.8 Å². The third kappa shape index (κ3) is 4.63. The zero-order chi connectivity index (χ0) is 9.52. The maximum absolute atomic E-state index is 5.61. The van der Waals surface area contributed by atoms with Crippen LogP contribution in [0.15, 0.2) is 0 Å². The van der Waals surface area contributed by atoms with Crippen LogP contribution in [-0.4, -0.2) is 12.1 Å². The Morgan fingerprint density at radius 2 is 2.08 bits per heavy atom. The highest BCUT2D eigenvalue weighted by atomic mass is 16.7. The van der Waals surface area contributed by atoms with E-state index in [0.29, 0.717) is 12.1 Å². The van der Waals surface area contributed by atoms with Crippen molar-refractivity contribution in [2.24, 2.45) is 0 Å². The Balaban J connectivity index is 1.97. The van der Waals surface area contributed by atoms with E-state index in [2.05, 4.69) is 19.3 Å². The molecule has 1 aliphatic rings. The fourth-order valence-corrected chi connectivity index (χ4v) is 1.79. The fourth-order valence-electron chi connectivity index (χ4n) is 1.79. The number of nitrogens with one attached hydrogen (secondary N) is 1. The molecule has 1 unspecified atom stereocenters.